The number of hydrogen-bond acceptors (Lipinski definition) is 4. The number of halogens is 3. The molecule has 0 aromatic carbocycles. The lowest BCUT2D eigenvalue weighted by atomic mass is 10.1. The molecule has 2 heterocycles. The van der Waals surface area contributed by atoms with Gasteiger partial charge < -0.3 is 20.3 Å². The van der Waals surface area contributed by atoms with E-state index in [1.807, 2.05) is 25.7 Å². The van der Waals surface area contributed by atoms with Crippen LogP contribution in [-0.4, -0.2) is 86.0 Å². The molecule has 2 saturated heterocycles. The highest BCUT2D eigenvalue weighted by atomic mass is 19.4. The van der Waals surface area contributed by atoms with Crippen LogP contribution in [0.2, 0.25) is 0 Å². The molecule has 0 saturated carbocycles. The number of guanidine groups is 1. The summed E-state index contributed by atoms with van der Waals surface area (Å²) in [6.07, 6.45) is -3.06. The van der Waals surface area contributed by atoms with Crippen LogP contribution in [0.4, 0.5) is 18.0 Å². The number of amides is 1. The molecule has 7 nitrogen and oxygen atoms in total. The molecule has 0 aliphatic carbocycles. The lowest BCUT2D eigenvalue weighted by Gasteiger charge is -2.24. The van der Waals surface area contributed by atoms with Crippen molar-refractivity contribution in [1.29, 1.82) is 0 Å². The second-order valence-electron chi connectivity index (χ2n) is 8.51. The Hall–Kier alpha value is -1.71. The molecule has 2 aliphatic rings. The van der Waals surface area contributed by atoms with Gasteiger partial charge in [0.1, 0.15) is 5.60 Å². The van der Waals surface area contributed by atoms with E-state index in [2.05, 4.69) is 15.6 Å². The minimum absolute atomic E-state index is 0.0258. The highest BCUT2D eigenvalue weighted by molar-refractivity contribution is 5.80. The molecule has 1 amide bonds. The van der Waals surface area contributed by atoms with Gasteiger partial charge in [0, 0.05) is 33.2 Å². The van der Waals surface area contributed by atoms with Crippen LogP contribution < -0.4 is 10.6 Å². The Morgan fingerprint density at radius 2 is 1.89 bits per heavy atom. The van der Waals surface area contributed by atoms with E-state index in [4.69, 9.17) is 4.74 Å². The maximum absolute atomic E-state index is 12.5. The van der Waals surface area contributed by atoms with Crippen molar-refractivity contribution >= 4 is 12.1 Å². The zero-order chi connectivity index (χ0) is 20.9. The van der Waals surface area contributed by atoms with E-state index in [1.54, 1.807) is 7.05 Å². The number of nitrogens with one attached hydrogen (secondary N) is 2. The second kappa shape index (κ2) is 9.19. The quantitative estimate of drug-likeness (QED) is 0.552. The third-order valence-electron chi connectivity index (χ3n) is 4.74. The van der Waals surface area contributed by atoms with Gasteiger partial charge in [-0.05, 0) is 46.1 Å². The number of rotatable bonds is 4. The first kappa shape index (κ1) is 22.6. The van der Waals surface area contributed by atoms with Crippen LogP contribution in [0.25, 0.3) is 0 Å². The van der Waals surface area contributed by atoms with Gasteiger partial charge in [-0.25, -0.2) is 4.79 Å². The number of nitrogens with zero attached hydrogens (tertiary/aromatic N) is 3. The van der Waals surface area contributed by atoms with E-state index in [0.29, 0.717) is 32.1 Å². The average Bonchev–Trinajstić information content (AvgIpc) is 3.14. The molecule has 162 valence electrons. The van der Waals surface area contributed by atoms with Gasteiger partial charge in [-0.3, -0.25) is 9.89 Å². The Morgan fingerprint density at radius 3 is 2.50 bits per heavy atom. The van der Waals surface area contributed by atoms with Crippen LogP contribution in [0.15, 0.2) is 4.99 Å². The van der Waals surface area contributed by atoms with Crippen molar-refractivity contribution in [1.82, 2.24) is 20.4 Å². The molecule has 0 spiro atoms. The molecule has 0 bridgehead atoms. The van der Waals surface area contributed by atoms with Crippen molar-refractivity contribution in [3.8, 4) is 0 Å². The molecule has 0 aromatic rings. The van der Waals surface area contributed by atoms with Gasteiger partial charge in [0.2, 0.25) is 0 Å². The smallest absolute Gasteiger partial charge is 0.407 e. The molecule has 2 atom stereocenters. The van der Waals surface area contributed by atoms with E-state index >= 15 is 0 Å². The van der Waals surface area contributed by atoms with Crippen LogP contribution in [-0.2, 0) is 4.74 Å². The lowest BCUT2D eigenvalue weighted by molar-refractivity contribution is -0.143. The molecule has 2 fully saturated rings. The number of alkyl carbamates (subject to hydrolysis) is 1. The predicted octanol–water partition coefficient (Wildman–Crippen LogP) is 2.04. The topological polar surface area (TPSA) is 69.2 Å². The largest absolute Gasteiger partial charge is 0.444 e. The first-order valence-electron chi connectivity index (χ1n) is 9.69. The van der Waals surface area contributed by atoms with Crippen LogP contribution in [0.1, 0.15) is 33.6 Å². The summed E-state index contributed by atoms with van der Waals surface area (Å²) >= 11 is 0. The third kappa shape index (κ3) is 7.73. The molecule has 28 heavy (non-hydrogen) atoms. The Bertz CT molecular complexity index is 562. The average molecular weight is 407 g/mol. The molecular weight excluding hydrogens is 375 g/mol. The Kier molecular flexibility index (Phi) is 7.41. The number of carbonyl (C=O) groups is 1. The van der Waals surface area contributed by atoms with Gasteiger partial charge in [-0.1, -0.05) is 0 Å². The summed E-state index contributed by atoms with van der Waals surface area (Å²) in [6.45, 7) is 7.45. The molecule has 2 rings (SSSR count). The first-order chi connectivity index (χ1) is 12.9. The zero-order valence-corrected chi connectivity index (χ0v) is 17.1. The van der Waals surface area contributed by atoms with Crippen molar-refractivity contribution in [3.05, 3.63) is 0 Å². The summed E-state index contributed by atoms with van der Waals surface area (Å²) in [5.41, 5.74) is -0.540. The van der Waals surface area contributed by atoms with E-state index < -0.39 is 24.4 Å². The van der Waals surface area contributed by atoms with Crippen molar-refractivity contribution in [3.63, 3.8) is 0 Å². The Balaban J connectivity index is 1.74. The fourth-order valence-corrected chi connectivity index (χ4v) is 3.59. The van der Waals surface area contributed by atoms with Gasteiger partial charge in [0.05, 0.1) is 12.6 Å². The Morgan fingerprint density at radius 1 is 1.18 bits per heavy atom. The summed E-state index contributed by atoms with van der Waals surface area (Å²) < 4.78 is 42.8. The van der Waals surface area contributed by atoms with Gasteiger partial charge in [-0.15, -0.1) is 0 Å². The van der Waals surface area contributed by atoms with Crippen LogP contribution >= 0.6 is 0 Å². The van der Waals surface area contributed by atoms with E-state index in [0.717, 1.165) is 19.4 Å². The molecule has 2 N–H and O–H groups in total. The summed E-state index contributed by atoms with van der Waals surface area (Å²) in [7, 11) is 1.68. The van der Waals surface area contributed by atoms with Crippen molar-refractivity contribution in [2.75, 3.05) is 46.3 Å². The predicted molar refractivity (Wildman–Crippen MR) is 101 cm³/mol. The highest BCUT2D eigenvalue weighted by Crippen LogP contribution is 2.22. The molecule has 2 aliphatic heterocycles. The van der Waals surface area contributed by atoms with E-state index in [-0.39, 0.29) is 12.0 Å². The second-order valence-corrected chi connectivity index (χ2v) is 8.51. The third-order valence-corrected chi connectivity index (χ3v) is 4.74. The van der Waals surface area contributed by atoms with Crippen LogP contribution in [0.5, 0.6) is 0 Å². The first-order valence-corrected chi connectivity index (χ1v) is 9.69. The SMILES string of the molecule is CN=C(NCC1CCN(CC(F)(F)F)C1)N1CCC(NC(=O)OC(C)(C)C)C1. The van der Waals surface area contributed by atoms with Crippen molar-refractivity contribution < 1.29 is 22.7 Å². The maximum atomic E-state index is 12.5. The monoisotopic (exact) mass is 407 g/mol. The van der Waals surface area contributed by atoms with Crippen LogP contribution in [0, 0.1) is 5.92 Å². The van der Waals surface area contributed by atoms with Gasteiger partial charge in [0.25, 0.3) is 0 Å². The Labute approximate surface area is 164 Å². The summed E-state index contributed by atoms with van der Waals surface area (Å²) in [4.78, 5) is 19.7. The molecule has 10 heteroatoms. The maximum Gasteiger partial charge on any atom is 0.407 e. The number of alkyl halides is 3. The minimum atomic E-state index is -4.15. The van der Waals surface area contributed by atoms with E-state index in [9.17, 15) is 18.0 Å². The molecular formula is C18H32F3N5O2. The fourth-order valence-electron chi connectivity index (χ4n) is 3.59. The highest BCUT2D eigenvalue weighted by Gasteiger charge is 2.34. The summed E-state index contributed by atoms with van der Waals surface area (Å²) in [5, 5.41) is 6.14. The number of carbonyl (C=O) groups excluding carboxylic acids is 1. The van der Waals surface area contributed by atoms with E-state index in [1.165, 1.54) is 4.90 Å². The molecule has 0 aromatic heterocycles. The zero-order valence-electron chi connectivity index (χ0n) is 17.1. The number of likely N-dealkylation sites (tertiary alicyclic amines) is 2. The number of hydrogen-bond donors (Lipinski definition) is 2. The summed E-state index contributed by atoms with van der Waals surface area (Å²) in [6, 6.07) is -0.0258. The fraction of sp³-hybridized carbons (Fsp3) is 0.889. The lowest BCUT2D eigenvalue weighted by Crippen LogP contribution is -2.45. The summed E-state index contributed by atoms with van der Waals surface area (Å²) in [5.74, 6) is 0.875. The van der Waals surface area contributed by atoms with Crippen molar-refractivity contribution in [2.45, 2.75) is 51.4 Å². The number of ether oxygens (including phenoxy) is 1. The molecule has 0 radical (unpaired) electrons. The normalized spacial score (nSPS) is 24.5. The standard InChI is InChI=1S/C18H32F3N5O2/c1-17(2,3)28-16(27)24-14-6-8-26(11-14)15(22-4)23-9-13-5-7-25(10-13)12-18(19,20)21/h13-14H,5-12H2,1-4H3,(H,22,23)(H,24,27). The minimum Gasteiger partial charge on any atom is -0.444 e. The number of aliphatic imine (C=N–C) groups is 1. The van der Waals surface area contributed by atoms with Crippen LogP contribution in [0.3, 0.4) is 0 Å². The van der Waals surface area contributed by atoms with Gasteiger partial charge >= 0.3 is 12.3 Å². The molecule has 2 unspecified atom stereocenters. The van der Waals surface area contributed by atoms with Gasteiger partial charge in [-0.2, -0.15) is 13.2 Å². The van der Waals surface area contributed by atoms with Crippen molar-refractivity contribution in [2.24, 2.45) is 10.9 Å². The van der Waals surface area contributed by atoms with Gasteiger partial charge in [0.15, 0.2) is 5.96 Å².